The molecule has 0 amide bonds. The number of anilines is 1. The largest absolute Gasteiger partial charge is 0.477 e. The first-order valence-corrected chi connectivity index (χ1v) is 9.46. The van der Waals surface area contributed by atoms with Crippen molar-refractivity contribution in [2.75, 3.05) is 4.72 Å². The van der Waals surface area contributed by atoms with Gasteiger partial charge in [0.1, 0.15) is 9.77 Å². The van der Waals surface area contributed by atoms with Crippen LogP contribution in [0.15, 0.2) is 37.4 Å². The summed E-state index contributed by atoms with van der Waals surface area (Å²) in [5.74, 6) is -1.26. The molecular formula is C12H9Br2NO4S2. The molecule has 0 fully saturated rings. The Morgan fingerprint density at radius 2 is 2.00 bits per heavy atom. The molecule has 112 valence electrons. The molecule has 1 heterocycles. The first kappa shape index (κ1) is 16.5. The Hall–Kier alpha value is -0.900. The summed E-state index contributed by atoms with van der Waals surface area (Å²) in [6, 6.07) is 4.95. The first-order chi connectivity index (χ1) is 9.72. The number of nitrogens with one attached hydrogen (secondary N) is 1. The number of benzene rings is 1. The van der Waals surface area contributed by atoms with Crippen LogP contribution in [-0.4, -0.2) is 19.5 Å². The maximum atomic E-state index is 12.4. The van der Waals surface area contributed by atoms with Crippen LogP contribution in [0.25, 0.3) is 0 Å². The molecule has 0 saturated carbocycles. The average molecular weight is 455 g/mol. The predicted molar refractivity (Wildman–Crippen MR) is 88.7 cm³/mol. The maximum Gasteiger partial charge on any atom is 0.347 e. The van der Waals surface area contributed by atoms with E-state index in [4.69, 9.17) is 5.11 Å². The van der Waals surface area contributed by atoms with Gasteiger partial charge in [0.05, 0.1) is 5.69 Å². The molecule has 0 aliphatic heterocycles. The molecule has 0 saturated heterocycles. The lowest BCUT2D eigenvalue weighted by molar-refractivity contribution is 0.0698. The summed E-state index contributed by atoms with van der Waals surface area (Å²) in [4.78, 5) is 10.7. The SMILES string of the molecule is Cc1csc(C(=O)O)c1S(=O)(=O)Nc1ccc(Br)cc1Br. The van der Waals surface area contributed by atoms with Crippen molar-refractivity contribution < 1.29 is 18.3 Å². The molecule has 9 heteroatoms. The van der Waals surface area contributed by atoms with Crippen molar-refractivity contribution in [1.82, 2.24) is 0 Å². The highest BCUT2D eigenvalue weighted by Crippen LogP contribution is 2.32. The third-order valence-corrected chi connectivity index (χ3v) is 6.47. The predicted octanol–water partition coefficient (Wildman–Crippen LogP) is 4.08. The summed E-state index contributed by atoms with van der Waals surface area (Å²) in [5.41, 5.74) is 0.735. The Morgan fingerprint density at radius 3 is 2.57 bits per heavy atom. The number of halogens is 2. The molecule has 2 rings (SSSR count). The molecule has 0 spiro atoms. The minimum absolute atomic E-state index is 0.199. The summed E-state index contributed by atoms with van der Waals surface area (Å²) in [5, 5.41) is 10.6. The molecule has 0 aliphatic rings. The van der Waals surface area contributed by atoms with E-state index < -0.39 is 16.0 Å². The van der Waals surface area contributed by atoms with Crippen molar-refractivity contribution in [2.45, 2.75) is 11.8 Å². The van der Waals surface area contributed by atoms with Gasteiger partial charge in [-0.1, -0.05) is 15.9 Å². The van der Waals surface area contributed by atoms with Gasteiger partial charge in [-0.2, -0.15) is 0 Å². The Morgan fingerprint density at radius 1 is 1.33 bits per heavy atom. The lowest BCUT2D eigenvalue weighted by atomic mass is 10.3. The van der Waals surface area contributed by atoms with E-state index in [2.05, 4.69) is 36.6 Å². The highest BCUT2D eigenvalue weighted by molar-refractivity contribution is 9.11. The van der Waals surface area contributed by atoms with E-state index in [0.717, 1.165) is 15.8 Å². The molecule has 2 aromatic rings. The van der Waals surface area contributed by atoms with Crippen molar-refractivity contribution in [2.24, 2.45) is 0 Å². The lowest BCUT2D eigenvalue weighted by Gasteiger charge is -2.10. The van der Waals surface area contributed by atoms with Gasteiger partial charge in [0.25, 0.3) is 10.0 Å². The molecule has 1 aromatic carbocycles. The number of rotatable bonds is 4. The molecular weight excluding hydrogens is 446 g/mol. The Kier molecular flexibility index (Phi) is 4.76. The van der Waals surface area contributed by atoms with Crippen molar-refractivity contribution in [3.05, 3.63) is 43.0 Å². The molecule has 21 heavy (non-hydrogen) atoms. The number of carbonyl (C=O) groups is 1. The highest BCUT2D eigenvalue weighted by atomic mass is 79.9. The van der Waals surface area contributed by atoms with Gasteiger partial charge in [0, 0.05) is 8.95 Å². The fourth-order valence-electron chi connectivity index (χ4n) is 1.68. The van der Waals surface area contributed by atoms with Crippen LogP contribution in [0, 0.1) is 6.92 Å². The molecule has 0 radical (unpaired) electrons. The van der Waals surface area contributed by atoms with Gasteiger partial charge in [-0.15, -0.1) is 11.3 Å². The third kappa shape index (κ3) is 3.47. The van der Waals surface area contributed by atoms with Crippen LogP contribution >= 0.6 is 43.2 Å². The molecule has 5 nitrogen and oxygen atoms in total. The fourth-order valence-corrected chi connectivity index (χ4v) is 5.67. The van der Waals surface area contributed by atoms with E-state index in [0.29, 0.717) is 15.7 Å². The van der Waals surface area contributed by atoms with Crippen LogP contribution in [0.3, 0.4) is 0 Å². The van der Waals surface area contributed by atoms with Crippen LogP contribution in [0.5, 0.6) is 0 Å². The first-order valence-electron chi connectivity index (χ1n) is 5.51. The number of sulfonamides is 1. The number of aryl methyl sites for hydroxylation is 1. The van der Waals surface area contributed by atoms with Crippen molar-refractivity contribution in [3.8, 4) is 0 Å². The minimum atomic E-state index is -3.98. The summed E-state index contributed by atoms with van der Waals surface area (Å²) in [6.45, 7) is 1.56. The topological polar surface area (TPSA) is 83.5 Å². The minimum Gasteiger partial charge on any atom is -0.477 e. The van der Waals surface area contributed by atoms with Crippen molar-refractivity contribution >= 4 is 64.9 Å². The van der Waals surface area contributed by atoms with Crippen LogP contribution in [0.4, 0.5) is 5.69 Å². The number of carboxylic acids is 1. The quantitative estimate of drug-likeness (QED) is 0.728. The Balaban J connectivity index is 2.48. The van der Waals surface area contributed by atoms with E-state index in [1.165, 1.54) is 5.38 Å². The van der Waals surface area contributed by atoms with Gasteiger partial charge in [0.15, 0.2) is 0 Å². The van der Waals surface area contributed by atoms with Crippen molar-refractivity contribution in [1.29, 1.82) is 0 Å². The molecule has 1 aromatic heterocycles. The van der Waals surface area contributed by atoms with Gasteiger partial charge < -0.3 is 5.11 Å². The Labute approximate surface area is 142 Å². The number of hydrogen-bond donors (Lipinski definition) is 2. The van der Waals surface area contributed by atoms with Crippen LogP contribution in [0.2, 0.25) is 0 Å². The molecule has 0 bridgehead atoms. The summed E-state index contributed by atoms with van der Waals surface area (Å²) < 4.78 is 28.6. The summed E-state index contributed by atoms with van der Waals surface area (Å²) in [7, 11) is -3.98. The molecule has 2 N–H and O–H groups in total. The number of aromatic carboxylic acids is 1. The van der Waals surface area contributed by atoms with E-state index in [1.807, 2.05) is 0 Å². The second-order valence-electron chi connectivity index (χ2n) is 4.11. The smallest absolute Gasteiger partial charge is 0.347 e. The molecule has 0 aliphatic carbocycles. The molecule has 0 atom stereocenters. The summed E-state index contributed by atoms with van der Waals surface area (Å²) in [6.07, 6.45) is 0. The average Bonchev–Trinajstić information content (AvgIpc) is 2.76. The lowest BCUT2D eigenvalue weighted by Crippen LogP contribution is -2.16. The van der Waals surface area contributed by atoms with Gasteiger partial charge in [-0.3, -0.25) is 4.72 Å². The van der Waals surface area contributed by atoms with Gasteiger partial charge in [-0.25, -0.2) is 13.2 Å². The monoisotopic (exact) mass is 453 g/mol. The number of hydrogen-bond acceptors (Lipinski definition) is 4. The zero-order valence-electron chi connectivity index (χ0n) is 10.6. The van der Waals surface area contributed by atoms with Crippen molar-refractivity contribution in [3.63, 3.8) is 0 Å². The highest BCUT2D eigenvalue weighted by Gasteiger charge is 2.27. The standard InChI is InChI=1S/C12H9Br2NO4S2/c1-6-5-20-10(12(16)17)11(6)21(18,19)15-9-3-2-7(13)4-8(9)14/h2-5,15H,1H3,(H,16,17). The second-order valence-corrected chi connectivity index (χ2v) is 8.38. The zero-order valence-corrected chi connectivity index (χ0v) is 15.4. The third-order valence-electron chi connectivity index (χ3n) is 2.56. The van der Waals surface area contributed by atoms with E-state index in [1.54, 1.807) is 25.1 Å². The van der Waals surface area contributed by atoms with E-state index >= 15 is 0 Å². The van der Waals surface area contributed by atoms with Gasteiger partial charge in [-0.05, 0) is 52.0 Å². The fraction of sp³-hybridized carbons (Fsp3) is 0.0833. The second kappa shape index (κ2) is 6.07. The van der Waals surface area contributed by atoms with Crippen LogP contribution in [0.1, 0.15) is 15.2 Å². The van der Waals surface area contributed by atoms with E-state index in [9.17, 15) is 13.2 Å². The van der Waals surface area contributed by atoms with Crippen LogP contribution < -0.4 is 4.72 Å². The van der Waals surface area contributed by atoms with Gasteiger partial charge >= 0.3 is 5.97 Å². The van der Waals surface area contributed by atoms with Crippen LogP contribution in [-0.2, 0) is 10.0 Å². The Bertz CT molecular complexity index is 815. The zero-order chi connectivity index (χ0) is 15.8. The number of thiophene rings is 1. The van der Waals surface area contributed by atoms with E-state index in [-0.39, 0.29) is 9.77 Å². The normalized spacial score (nSPS) is 11.4. The van der Waals surface area contributed by atoms with Gasteiger partial charge in [0.2, 0.25) is 0 Å². The number of carboxylic acid groups (broad SMARTS) is 1. The molecule has 0 unspecified atom stereocenters. The summed E-state index contributed by atoms with van der Waals surface area (Å²) >= 11 is 7.42. The maximum absolute atomic E-state index is 12.4.